The molecule has 206 valence electrons. The molecule has 8 heteroatoms. The lowest BCUT2D eigenvalue weighted by atomic mass is 9.93. The first-order valence-electron chi connectivity index (χ1n) is 13.2. The minimum absolute atomic E-state index is 0.0630. The second kappa shape index (κ2) is 10.2. The van der Waals surface area contributed by atoms with Gasteiger partial charge in [0.05, 0.1) is 5.52 Å². The van der Waals surface area contributed by atoms with Gasteiger partial charge in [-0.15, -0.1) is 0 Å². The SMILES string of the molecule is CC(C)(C)OC(=O)n1cc(CC(C)(NC(=O)OCC2c3ccccc3-c3ccccc32)C(=O)O)c2ccccc21. The quantitative estimate of drug-likeness (QED) is 0.295. The highest BCUT2D eigenvalue weighted by molar-refractivity contribution is 5.93. The molecule has 0 spiro atoms. The number of para-hydroxylation sites is 1. The number of aromatic nitrogens is 1. The standard InChI is InChI=1S/C32H32N2O6/c1-31(2,3)40-30(38)34-18-20(21-11-9-10-16-27(21)34)17-32(4,28(35)36)33-29(37)39-19-26-24-14-7-5-12-22(24)23-13-6-8-15-25(23)26/h5-16,18,26H,17,19H2,1-4H3,(H,33,37)(H,35,36). The molecule has 2 N–H and O–H groups in total. The monoisotopic (exact) mass is 540 g/mol. The van der Waals surface area contributed by atoms with Crippen LogP contribution >= 0.6 is 0 Å². The second-order valence-corrected chi connectivity index (χ2v) is 11.3. The van der Waals surface area contributed by atoms with E-state index in [2.05, 4.69) is 5.32 Å². The van der Waals surface area contributed by atoms with Gasteiger partial charge in [-0.1, -0.05) is 66.7 Å². The van der Waals surface area contributed by atoms with Crippen molar-refractivity contribution in [3.05, 3.63) is 95.7 Å². The molecule has 1 amide bonds. The molecule has 0 saturated heterocycles. The number of nitrogens with zero attached hydrogens (tertiary/aromatic N) is 1. The number of hydrogen-bond acceptors (Lipinski definition) is 5. The number of benzene rings is 3. The molecule has 0 aliphatic heterocycles. The molecule has 0 radical (unpaired) electrons. The summed E-state index contributed by atoms with van der Waals surface area (Å²) >= 11 is 0. The summed E-state index contributed by atoms with van der Waals surface area (Å²) in [6.07, 6.45) is 0.0847. The minimum Gasteiger partial charge on any atom is -0.480 e. The molecule has 5 rings (SSSR count). The van der Waals surface area contributed by atoms with Crippen molar-refractivity contribution in [2.45, 2.75) is 51.2 Å². The summed E-state index contributed by atoms with van der Waals surface area (Å²) < 4.78 is 12.5. The topological polar surface area (TPSA) is 107 Å². The van der Waals surface area contributed by atoms with E-state index in [-0.39, 0.29) is 18.9 Å². The van der Waals surface area contributed by atoms with Crippen LogP contribution < -0.4 is 5.32 Å². The maximum absolute atomic E-state index is 13.0. The Hall–Kier alpha value is -4.59. The van der Waals surface area contributed by atoms with Gasteiger partial charge >= 0.3 is 18.2 Å². The average Bonchev–Trinajstić information content (AvgIpc) is 3.42. The first-order chi connectivity index (χ1) is 19.0. The number of carboxylic acid groups (broad SMARTS) is 1. The van der Waals surface area contributed by atoms with E-state index in [9.17, 15) is 19.5 Å². The van der Waals surface area contributed by atoms with Crippen LogP contribution in [0.4, 0.5) is 9.59 Å². The summed E-state index contributed by atoms with van der Waals surface area (Å²) in [5, 5.41) is 13.4. The van der Waals surface area contributed by atoms with E-state index in [0.717, 1.165) is 22.3 Å². The average molecular weight is 541 g/mol. The molecule has 8 nitrogen and oxygen atoms in total. The van der Waals surface area contributed by atoms with E-state index in [0.29, 0.717) is 16.5 Å². The molecular formula is C32H32N2O6. The van der Waals surface area contributed by atoms with E-state index < -0.39 is 29.3 Å². The first-order valence-corrected chi connectivity index (χ1v) is 13.2. The number of carbonyl (C=O) groups is 3. The van der Waals surface area contributed by atoms with Crippen LogP contribution in [0.2, 0.25) is 0 Å². The largest absolute Gasteiger partial charge is 0.480 e. The second-order valence-electron chi connectivity index (χ2n) is 11.3. The molecule has 0 fully saturated rings. The third-order valence-electron chi connectivity index (χ3n) is 7.12. The third-order valence-corrected chi connectivity index (χ3v) is 7.12. The first kappa shape index (κ1) is 27.0. The van der Waals surface area contributed by atoms with Crippen molar-refractivity contribution in [2.75, 3.05) is 6.61 Å². The Bertz CT molecular complexity index is 1570. The van der Waals surface area contributed by atoms with Crippen LogP contribution in [0.25, 0.3) is 22.0 Å². The van der Waals surface area contributed by atoms with Gasteiger partial charge in [0.2, 0.25) is 0 Å². The van der Waals surface area contributed by atoms with Gasteiger partial charge in [-0.25, -0.2) is 14.4 Å². The number of carboxylic acids is 1. The fourth-order valence-corrected chi connectivity index (χ4v) is 5.27. The predicted molar refractivity (Wildman–Crippen MR) is 152 cm³/mol. The summed E-state index contributed by atoms with van der Waals surface area (Å²) in [5.74, 6) is -1.38. The third kappa shape index (κ3) is 5.17. The van der Waals surface area contributed by atoms with Crippen molar-refractivity contribution >= 4 is 29.1 Å². The van der Waals surface area contributed by atoms with Gasteiger partial charge in [0.25, 0.3) is 0 Å². The van der Waals surface area contributed by atoms with Crippen LogP contribution in [0.1, 0.15) is 50.3 Å². The van der Waals surface area contributed by atoms with E-state index >= 15 is 0 Å². The number of fused-ring (bicyclic) bond motifs is 4. The lowest BCUT2D eigenvalue weighted by Gasteiger charge is -2.26. The zero-order valence-electron chi connectivity index (χ0n) is 22.9. The molecule has 1 aliphatic rings. The summed E-state index contributed by atoms with van der Waals surface area (Å²) in [5.41, 5.74) is 3.08. The van der Waals surface area contributed by atoms with Crippen molar-refractivity contribution in [1.82, 2.24) is 9.88 Å². The highest BCUT2D eigenvalue weighted by Gasteiger charge is 2.38. The van der Waals surface area contributed by atoms with E-state index in [1.165, 1.54) is 11.5 Å². The zero-order valence-corrected chi connectivity index (χ0v) is 22.9. The molecule has 0 bridgehead atoms. The van der Waals surface area contributed by atoms with Gasteiger partial charge in [0.15, 0.2) is 0 Å². The van der Waals surface area contributed by atoms with Gasteiger partial charge in [-0.3, -0.25) is 4.57 Å². The van der Waals surface area contributed by atoms with Crippen LogP contribution in [0.15, 0.2) is 79.0 Å². The maximum atomic E-state index is 13.0. The fraction of sp³-hybridized carbons (Fsp3) is 0.281. The van der Waals surface area contributed by atoms with Crippen molar-refractivity contribution in [3.8, 4) is 11.1 Å². The van der Waals surface area contributed by atoms with Crippen molar-refractivity contribution in [2.24, 2.45) is 0 Å². The number of ether oxygens (including phenoxy) is 2. The van der Waals surface area contributed by atoms with Gasteiger partial charge in [0.1, 0.15) is 17.7 Å². The Morgan fingerprint density at radius 3 is 2.05 bits per heavy atom. The summed E-state index contributed by atoms with van der Waals surface area (Å²) in [6, 6.07) is 23.1. The maximum Gasteiger partial charge on any atom is 0.419 e. The number of rotatable bonds is 6. The van der Waals surface area contributed by atoms with Gasteiger partial charge in [-0.05, 0) is 61.6 Å². The van der Waals surface area contributed by atoms with Crippen molar-refractivity contribution < 1.29 is 29.0 Å². The van der Waals surface area contributed by atoms with Crippen LogP contribution in [-0.2, 0) is 20.7 Å². The predicted octanol–water partition coefficient (Wildman–Crippen LogP) is 6.35. The lowest BCUT2D eigenvalue weighted by Crippen LogP contribution is -2.54. The molecule has 3 aromatic carbocycles. The number of amides is 1. The van der Waals surface area contributed by atoms with Gasteiger partial charge in [-0.2, -0.15) is 0 Å². The molecule has 1 aromatic heterocycles. The van der Waals surface area contributed by atoms with Crippen LogP contribution in [0.5, 0.6) is 0 Å². The van der Waals surface area contributed by atoms with Crippen LogP contribution in [0.3, 0.4) is 0 Å². The summed E-state index contributed by atoms with van der Waals surface area (Å²) in [7, 11) is 0. The Kier molecular flexibility index (Phi) is 6.87. The number of carbonyl (C=O) groups excluding carboxylic acids is 2. The molecule has 1 heterocycles. The fourth-order valence-electron chi connectivity index (χ4n) is 5.27. The minimum atomic E-state index is -1.70. The summed E-state index contributed by atoms with van der Waals surface area (Å²) in [6.45, 7) is 6.82. The van der Waals surface area contributed by atoms with E-state index in [1.807, 2.05) is 54.6 Å². The van der Waals surface area contributed by atoms with Crippen molar-refractivity contribution in [3.63, 3.8) is 0 Å². The Morgan fingerprint density at radius 2 is 1.45 bits per heavy atom. The van der Waals surface area contributed by atoms with E-state index in [1.54, 1.807) is 45.2 Å². The number of alkyl carbamates (subject to hydrolysis) is 1. The van der Waals surface area contributed by atoms with E-state index in [4.69, 9.17) is 9.47 Å². The number of nitrogens with one attached hydrogen (secondary N) is 1. The molecule has 1 atom stereocenters. The Labute approximate surface area is 232 Å². The number of aliphatic carboxylic acids is 1. The van der Waals surface area contributed by atoms with Crippen LogP contribution in [-0.4, -0.2) is 45.6 Å². The van der Waals surface area contributed by atoms with Crippen molar-refractivity contribution in [1.29, 1.82) is 0 Å². The molecule has 1 aliphatic carbocycles. The Balaban J connectivity index is 1.35. The Morgan fingerprint density at radius 1 is 0.875 bits per heavy atom. The molecule has 4 aromatic rings. The summed E-state index contributed by atoms with van der Waals surface area (Å²) in [4.78, 5) is 38.3. The normalized spacial score (nSPS) is 14.2. The lowest BCUT2D eigenvalue weighted by molar-refractivity contribution is -0.143. The smallest absolute Gasteiger partial charge is 0.419 e. The molecule has 0 saturated carbocycles. The van der Waals surface area contributed by atoms with Gasteiger partial charge < -0.3 is 19.9 Å². The molecule has 1 unspecified atom stereocenters. The van der Waals surface area contributed by atoms with Crippen LogP contribution in [0, 0.1) is 0 Å². The molecular weight excluding hydrogens is 508 g/mol. The highest BCUT2D eigenvalue weighted by atomic mass is 16.6. The zero-order chi connectivity index (χ0) is 28.7. The highest BCUT2D eigenvalue weighted by Crippen LogP contribution is 2.44. The van der Waals surface area contributed by atoms with Gasteiger partial charge in [0, 0.05) is 23.9 Å². The molecule has 40 heavy (non-hydrogen) atoms. The number of hydrogen-bond donors (Lipinski definition) is 2.